The van der Waals surface area contributed by atoms with Gasteiger partial charge in [0.1, 0.15) is 6.33 Å². The van der Waals surface area contributed by atoms with Gasteiger partial charge in [-0.05, 0) is 11.8 Å². The molecule has 10 nitrogen and oxygen atoms in total. The molecular weight excluding hydrogens is 294 g/mol. The van der Waals surface area contributed by atoms with Crippen LogP contribution in [0.15, 0.2) is 16.6 Å². The third kappa shape index (κ3) is 3.20. The summed E-state index contributed by atoms with van der Waals surface area (Å²) < 4.78 is 7.12. The van der Waals surface area contributed by atoms with Crippen molar-refractivity contribution in [3.63, 3.8) is 0 Å². The van der Waals surface area contributed by atoms with E-state index >= 15 is 0 Å². The normalized spacial score (nSPS) is 15.2. The number of nitrogen functional groups attached to an aromatic ring is 1. The molecule has 1 saturated heterocycles. The van der Waals surface area contributed by atoms with Gasteiger partial charge in [-0.1, -0.05) is 0 Å². The first-order valence-corrected chi connectivity index (χ1v) is 7.15. The van der Waals surface area contributed by atoms with E-state index < -0.39 is 0 Å². The van der Waals surface area contributed by atoms with Crippen molar-refractivity contribution in [3.8, 4) is 0 Å². The largest absolute Gasteiger partial charge is 0.378 e. The number of anilines is 2. The number of hydrogen-bond acceptors (Lipinski definition) is 10. The Morgan fingerprint density at radius 3 is 2.76 bits per heavy atom. The van der Waals surface area contributed by atoms with Crippen LogP contribution >= 0.6 is 11.8 Å². The molecule has 1 fully saturated rings. The number of hydrogen-bond donors (Lipinski definition) is 2. The maximum Gasteiger partial charge on any atom is 0.242 e. The second-order valence-corrected chi connectivity index (χ2v) is 5.25. The van der Waals surface area contributed by atoms with Gasteiger partial charge >= 0.3 is 0 Å². The standard InChI is InChI=1S/C10H15N9OS/c1-18-6-12-17-10(18)21-9-14-7(16-11)13-8(15-9)19-2-4-20-5-3-19/h6H,2-5,11H2,1H3,(H,13,14,15,16). The lowest BCUT2D eigenvalue weighted by Crippen LogP contribution is -2.37. The summed E-state index contributed by atoms with van der Waals surface area (Å²) in [6.07, 6.45) is 1.62. The van der Waals surface area contributed by atoms with Crippen LogP contribution < -0.4 is 16.2 Å². The smallest absolute Gasteiger partial charge is 0.242 e. The highest BCUT2D eigenvalue weighted by Crippen LogP contribution is 2.24. The van der Waals surface area contributed by atoms with Crippen LogP contribution in [0.2, 0.25) is 0 Å². The van der Waals surface area contributed by atoms with Crippen molar-refractivity contribution in [1.82, 2.24) is 29.7 Å². The Kier molecular flexibility index (Phi) is 4.13. The Hall–Kier alpha value is -1.98. The van der Waals surface area contributed by atoms with Crippen molar-refractivity contribution in [2.45, 2.75) is 10.3 Å². The number of rotatable bonds is 4. The van der Waals surface area contributed by atoms with Crippen LogP contribution in [-0.2, 0) is 11.8 Å². The highest BCUT2D eigenvalue weighted by Gasteiger charge is 2.17. The van der Waals surface area contributed by atoms with Crippen LogP contribution in [0.1, 0.15) is 0 Å². The number of aryl methyl sites for hydroxylation is 1. The van der Waals surface area contributed by atoms with Crippen molar-refractivity contribution in [3.05, 3.63) is 6.33 Å². The quantitative estimate of drug-likeness (QED) is 0.552. The predicted octanol–water partition coefficient (Wildman–Crippen LogP) is -0.726. The molecule has 0 saturated carbocycles. The molecule has 0 spiro atoms. The number of nitrogens with zero attached hydrogens (tertiary/aromatic N) is 7. The number of morpholine rings is 1. The van der Waals surface area contributed by atoms with Crippen molar-refractivity contribution >= 4 is 23.7 Å². The molecule has 0 amide bonds. The van der Waals surface area contributed by atoms with Crippen LogP contribution in [0.4, 0.5) is 11.9 Å². The average Bonchev–Trinajstić information content (AvgIpc) is 2.93. The van der Waals surface area contributed by atoms with E-state index in [1.54, 1.807) is 10.9 Å². The minimum absolute atomic E-state index is 0.316. The number of nitrogens with one attached hydrogen (secondary N) is 1. The lowest BCUT2D eigenvalue weighted by Gasteiger charge is -2.26. The Labute approximate surface area is 125 Å². The fraction of sp³-hybridized carbons (Fsp3) is 0.500. The van der Waals surface area contributed by atoms with E-state index in [0.717, 1.165) is 13.1 Å². The van der Waals surface area contributed by atoms with E-state index in [-0.39, 0.29) is 0 Å². The molecule has 3 heterocycles. The van der Waals surface area contributed by atoms with Crippen molar-refractivity contribution < 1.29 is 4.74 Å². The molecule has 21 heavy (non-hydrogen) atoms. The van der Waals surface area contributed by atoms with Crippen molar-refractivity contribution in [1.29, 1.82) is 0 Å². The number of aromatic nitrogens is 6. The molecule has 0 atom stereocenters. The van der Waals surface area contributed by atoms with Gasteiger partial charge in [0.15, 0.2) is 5.16 Å². The number of hydrazine groups is 1. The molecule has 11 heteroatoms. The molecule has 2 aromatic heterocycles. The summed E-state index contributed by atoms with van der Waals surface area (Å²) in [5.41, 5.74) is 2.46. The summed E-state index contributed by atoms with van der Waals surface area (Å²) in [6, 6.07) is 0. The topological polar surface area (TPSA) is 120 Å². The third-order valence-corrected chi connectivity index (χ3v) is 3.80. The van der Waals surface area contributed by atoms with Crippen LogP contribution in [0.25, 0.3) is 0 Å². The van der Waals surface area contributed by atoms with Gasteiger partial charge < -0.3 is 14.2 Å². The molecule has 3 N–H and O–H groups in total. The van der Waals surface area contributed by atoms with Crippen molar-refractivity contribution in [2.75, 3.05) is 36.6 Å². The third-order valence-electron chi connectivity index (χ3n) is 2.88. The van der Waals surface area contributed by atoms with Crippen molar-refractivity contribution in [2.24, 2.45) is 12.9 Å². The predicted molar refractivity (Wildman–Crippen MR) is 75.8 cm³/mol. The maximum atomic E-state index is 5.43. The van der Waals surface area contributed by atoms with E-state index in [1.807, 2.05) is 11.9 Å². The van der Waals surface area contributed by atoms with Gasteiger partial charge in [-0.3, -0.25) is 5.43 Å². The Morgan fingerprint density at radius 1 is 1.29 bits per heavy atom. The van der Waals surface area contributed by atoms with Gasteiger partial charge in [0.05, 0.1) is 13.2 Å². The van der Waals surface area contributed by atoms with Crippen LogP contribution in [-0.4, -0.2) is 56.0 Å². The second-order valence-electron chi connectivity index (χ2n) is 4.31. The molecule has 0 radical (unpaired) electrons. The first-order valence-electron chi connectivity index (χ1n) is 6.33. The van der Waals surface area contributed by atoms with E-state index in [1.165, 1.54) is 11.8 Å². The van der Waals surface area contributed by atoms with Gasteiger partial charge in [-0.25, -0.2) is 5.84 Å². The van der Waals surface area contributed by atoms with Crippen LogP contribution in [0, 0.1) is 0 Å². The first-order chi connectivity index (χ1) is 10.3. The SMILES string of the molecule is Cn1cnnc1Sc1nc(NN)nc(N2CCOCC2)n1. The molecule has 3 rings (SSSR count). The molecule has 1 aliphatic heterocycles. The summed E-state index contributed by atoms with van der Waals surface area (Å²) in [7, 11) is 1.86. The number of ether oxygens (including phenoxy) is 1. The van der Waals surface area contributed by atoms with Gasteiger partial charge in [0.2, 0.25) is 17.1 Å². The van der Waals surface area contributed by atoms with Gasteiger partial charge in [0, 0.05) is 20.1 Å². The van der Waals surface area contributed by atoms with Gasteiger partial charge in [0.25, 0.3) is 0 Å². The first kappa shape index (κ1) is 14.0. The summed E-state index contributed by atoms with van der Waals surface area (Å²) in [5.74, 6) is 6.32. The lowest BCUT2D eigenvalue weighted by atomic mass is 10.4. The molecule has 0 aliphatic carbocycles. The highest BCUT2D eigenvalue weighted by molar-refractivity contribution is 7.99. The fourth-order valence-corrected chi connectivity index (χ4v) is 2.51. The molecule has 1 aliphatic rings. The Morgan fingerprint density at radius 2 is 2.10 bits per heavy atom. The molecule has 0 aromatic carbocycles. The van der Waals surface area contributed by atoms with Crippen LogP contribution in [0.5, 0.6) is 0 Å². The summed E-state index contributed by atoms with van der Waals surface area (Å²) in [6.45, 7) is 2.79. The monoisotopic (exact) mass is 309 g/mol. The molecule has 0 unspecified atom stereocenters. The minimum Gasteiger partial charge on any atom is -0.378 e. The fourth-order valence-electron chi connectivity index (χ4n) is 1.81. The van der Waals surface area contributed by atoms with E-state index in [2.05, 4.69) is 30.6 Å². The van der Waals surface area contributed by atoms with E-state index in [9.17, 15) is 0 Å². The zero-order chi connectivity index (χ0) is 14.7. The summed E-state index contributed by atoms with van der Waals surface area (Å²) in [5, 5.41) is 9.03. The van der Waals surface area contributed by atoms with Gasteiger partial charge in [-0.15, -0.1) is 10.2 Å². The molecule has 2 aromatic rings. The van der Waals surface area contributed by atoms with Crippen LogP contribution in [0.3, 0.4) is 0 Å². The number of nitrogens with two attached hydrogens (primary N) is 1. The van der Waals surface area contributed by atoms with Gasteiger partial charge in [-0.2, -0.15) is 15.0 Å². The van der Waals surface area contributed by atoms with E-state index in [0.29, 0.717) is 35.4 Å². The molecule has 112 valence electrons. The minimum atomic E-state index is 0.316. The maximum absolute atomic E-state index is 5.43. The average molecular weight is 309 g/mol. The molecule has 0 bridgehead atoms. The highest BCUT2D eigenvalue weighted by atomic mass is 32.2. The summed E-state index contributed by atoms with van der Waals surface area (Å²) >= 11 is 1.30. The Bertz CT molecular complexity index is 612. The lowest BCUT2D eigenvalue weighted by molar-refractivity contribution is 0.122. The van der Waals surface area contributed by atoms with E-state index in [4.69, 9.17) is 10.6 Å². The zero-order valence-corrected chi connectivity index (χ0v) is 12.2. The second kappa shape index (κ2) is 6.20. The Balaban J connectivity index is 1.87. The zero-order valence-electron chi connectivity index (χ0n) is 11.4. The molecular formula is C10H15N9OS. The summed E-state index contributed by atoms with van der Waals surface area (Å²) in [4.78, 5) is 15.0.